The van der Waals surface area contributed by atoms with Gasteiger partial charge in [-0.05, 0) is 18.6 Å². The van der Waals surface area contributed by atoms with E-state index in [2.05, 4.69) is 4.74 Å². The number of methoxy groups -OCH3 is 2. The molecule has 0 aliphatic rings. The van der Waals surface area contributed by atoms with Crippen molar-refractivity contribution in [3.63, 3.8) is 0 Å². The maximum absolute atomic E-state index is 12.4. The molecular weight excluding hydrogens is 304 g/mol. The minimum atomic E-state index is -1.23. The Labute approximate surface area is 133 Å². The molecule has 0 saturated carbocycles. The zero-order valence-corrected chi connectivity index (χ0v) is 13.2. The molecular formula is C15H20N2O6. The van der Waals surface area contributed by atoms with Gasteiger partial charge in [-0.15, -0.1) is 0 Å². The fourth-order valence-electron chi connectivity index (χ4n) is 2.22. The number of carbonyl (C=O) groups is 3. The Bertz CT molecular complexity index is 602. The molecule has 126 valence electrons. The Morgan fingerprint density at radius 3 is 2.43 bits per heavy atom. The lowest BCUT2D eigenvalue weighted by Crippen LogP contribution is -2.47. The summed E-state index contributed by atoms with van der Waals surface area (Å²) in [5.41, 5.74) is 6.02. The first-order valence-corrected chi connectivity index (χ1v) is 6.83. The molecule has 3 N–H and O–H groups in total. The lowest BCUT2D eigenvalue weighted by atomic mass is 10.0. The summed E-state index contributed by atoms with van der Waals surface area (Å²) in [6.07, 6.45) is 0. The summed E-state index contributed by atoms with van der Waals surface area (Å²) >= 11 is 0. The van der Waals surface area contributed by atoms with E-state index in [1.54, 1.807) is 6.07 Å². The van der Waals surface area contributed by atoms with Gasteiger partial charge in [-0.2, -0.15) is 0 Å². The van der Waals surface area contributed by atoms with E-state index in [1.807, 2.05) is 0 Å². The van der Waals surface area contributed by atoms with Crippen LogP contribution in [0.15, 0.2) is 18.2 Å². The lowest BCUT2D eigenvalue weighted by molar-refractivity contribution is -0.143. The number of amides is 1. The first-order valence-electron chi connectivity index (χ1n) is 6.83. The van der Waals surface area contributed by atoms with Crippen molar-refractivity contribution in [2.24, 2.45) is 5.73 Å². The van der Waals surface area contributed by atoms with Gasteiger partial charge in [0.05, 0.1) is 18.4 Å². The van der Waals surface area contributed by atoms with Gasteiger partial charge in [0, 0.05) is 13.7 Å². The molecule has 8 nitrogen and oxygen atoms in total. The number of hydrogen-bond acceptors (Lipinski definition) is 6. The third-order valence-electron chi connectivity index (χ3n) is 3.28. The fourth-order valence-corrected chi connectivity index (χ4v) is 2.22. The van der Waals surface area contributed by atoms with Crippen LogP contribution in [0.1, 0.15) is 22.8 Å². The second-order valence-electron chi connectivity index (χ2n) is 4.72. The van der Waals surface area contributed by atoms with Crippen LogP contribution in [0.3, 0.4) is 0 Å². The Balaban J connectivity index is 3.56. The number of aromatic carboxylic acids is 1. The standard InChI is InChI=1S/C15H20N2O6/c1-9(15(21)23-3)17(12(18)8-22-2)13-10(7-16)5-4-6-11(13)14(19)20/h4-6,9H,7-8,16H2,1-3H3,(H,19,20)/t9-/m0/s1. The quantitative estimate of drug-likeness (QED) is 0.696. The maximum Gasteiger partial charge on any atom is 0.337 e. The second-order valence-corrected chi connectivity index (χ2v) is 4.72. The van der Waals surface area contributed by atoms with Gasteiger partial charge in [-0.25, -0.2) is 9.59 Å². The molecule has 1 amide bonds. The highest BCUT2D eigenvalue weighted by atomic mass is 16.5. The van der Waals surface area contributed by atoms with E-state index in [0.717, 1.165) is 4.90 Å². The number of para-hydroxylation sites is 1. The number of hydrogen-bond donors (Lipinski definition) is 2. The van der Waals surface area contributed by atoms with Crippen LogP contribution in [-0.2, 0) is 25.6 Å². The summed E-state index contributed by atoms with van der Waals surface area (Å²) < 4.78 is 9.49. The lowest BCUT2D eigenvalue weighted by Gasteiger charge is -2.30. The zero-order valence-electron chi connectivity index (χ0n) is 13.2. The monoisotopic (exact) mass is 324 g/mol. The molecule has 0 aliphatic carbocycles. The normalized spacial score (nSPS) is 11.7. The number of anilines is 1. The van der Waals surface area contributed by atoms with Crippen LogP contribution in [0.25, 0.3) is 0 Å². The Kier molecular flexibility index (Phi) is 6.67. The summed E-state index contributed by atoms with van der Waals surface area (Å²) in [6, 6.07) is 3.43. The van der Waals surface area contributed by atoms with E-state index in [1.165, 1.54) is 33.3 Å². The molecule has 0 radical (unpaired) electrons. The van der Waals surface area contributed by atoms with Gasteiger partial charge in [0.15, 0.2) is 0 Å². The van der Waals surface area contributed by atoms with Crippen LogP contribution in [0.2, 0.25) is 0 Å². The van der Waals surface area contributed by atoms with Gasteiger partial charge < -0.3 is 20.3 Å². The average Bonchev–Trinajstić information content (AvgIpc) is 2.54. The molecule has 0 saturated heterocycles. The number of carbonyl (C=O) groups excluding carboxylic acids is 2. The van der Waals surface area contributed by atoms with Crippen LogP contribution < -0.4 is 10.6 Å². The number of rotatable bonds is 7. The molecule has 0 bridgehead atoms. The largest absolute Gasteiger partial charge is 0.478 e. The molecule has 0 aliphatic heterocycles. The van der Waals surface area contributed by atoms with Crippen LogP contribution in [0, 0.1) is 0 Å². The predicted molar refractivity (Wildman–Crippen MR) is 82.1 cm³/mol. The highest BCUT2D eigenvalue weighted by molar-refractivity contribution is 6.06. The van der Waals surface area contributed by atoms with Crippen molar-refractivity contribution in [3.05, 3.63) is 29.3 Å². The van der Waals surface area contributed by atoms with Crippen molar-refractivity contribution >= 4 is 23.5 Å². The summed E-state index contributed by atoms with van der Waals surface area (Å²) in [6.45, 7) is 1.12. The highest BCUT2D eigenvalue weighted by Gasteiger charge is 2.32. The van der Waals surface area contributed by atoms with Crippen LogP contribution in [0.5, 0.6) is 0 Å². The van der Waals surface area contributed by atoms with Gasteiger partial charge >= 0.3 is 11.9 Å². The Morgan fingerprint density at radius 1 is 1.30 bits per heavy atom. The Morgan fingerprint density at radius 2 is 1.96 bits per heavy atom. The molecule has 8 heteroatoms. The number of ether oxygens (including phenoxy) is 2. The average molecular weight is 324 g/mol. The Hall–Kier alpha value is -2.45. The van der Waals surface area contributed by atoms with E-state index < -0.39 is 23.9 Å². The SMILES string of the molecule is COCC(=O)N(c1c(CN)cccc1C(=O)O)[C@@H](C)C(=O)OC. The van der Waals surface area contributed by atoms with Gasteiger partial charge in [-0.3, -0.25) is 9.69 Å². The smallest absolute Gasteiger partial charge is 0.337 e. The van der Waals surface area contributed by atoms with Gasteiger partial charge in [0.1, 0.15) is 12.6 Å². The van der Waals surface area contributed by atoms with E-state index in [9.17, 15) is 19.5 Å². The molecule has 0 aromatic heterocycles. The third-order valence-corrected chi connectivity index (χ3v) is 3.28. The maximum atomic E-state index is 12.4. The molecule has 0 spiro atoms. The van der Waals surface area contributed by atoms with Crippen molar-refractivity contribution in [2.45, 2.75) is 19.5 Å². The first-order chi connectivity index (χ1) is 10.9. The fraction of sp³-hybridized carbons (Fsp3) is 0.400. The summed E-state index contributed by atoms with van der Waals surface area (Å²) in [7, 11) is 2.51. The number of benzene rings is 1. The topological polar surface area (TPSA) is 119 Å². The van der Waals surface area contributed by atoms with E-state index in [-0.39, 0.29) is 24.4 Å². The van der Waals surface area contributed by atoms with E-state index >= 15 is 0 Å². The van der Waals surface area contributed by atoms with Crippen LogP contribution in [0.4, 0.5) is 5.69 Å². The van der Waals surface area contributed by atoms with Crippen molar-refractivity contribution in [3.8, 4) is 0 Å². The molecule has 1 rings (SSSR count). The number of esters is 1. The summed E-state index contributed by atoms with van der Waals surface area (Å²) in [4.78, 5) is 36.9. The minimum Gasteiger partial charge on any atom is -0.478 e. The molecule has 1 aromatic carbocycles. The summed E-state index contributed by atoms with van der Waals surface area (Å²) in [5, 5.41) is 9.40. The number of nitrogens with two attached hydrogens (primary N) is 1. The van der Waals surface area contributed by atoms with Crippen molar-refractivity contribution in [2.75, 3.05) is 25.7 Å². The number of carboxylic acid groups (broad SMARTS) is 1. The van der Waals surface area contributed by atoms with Gasteiger partial charge in [0.25, 0.3) is 5.91 Å². The molecule has 23 heavy (non-hydrogen) atoms. The molecule has 1 atom stereocenters. The number of carboxylic acids is 1. The van der Waals surface area contributed by atoms with Crippen LogP contribution >= 0.6 is 0 Å². The van der Waals surface area contributed by atoms with Crippen LogP contribution in [-0.4, -0.2) is 49.8 Å². The summed E-state index contributed by atoms with van der Waals surface area (Å²) in [5.74, 6) is -2.49. The van der Waals surface area contributed by atoms with Gasteiger partial charge in [-0.1, -0.05) is 12.1 Å². The molecule has 0 fully saturated rings. The predicted octanol–water partition coefficient (Wildman–Crippen LogP) is 0.384. The van der Waals surface area contributed by atoms with Crippen molar-refractivity contribution in [1.82, 2.24) is 0 Å². The molecule has 0 heterocycles. The van der Waals surface area contributed by atoms with E-state index in [0.29, 0.717) is 5.56 Å². The van der Waals surface area contributed by atoms with E-state index in [4.69, 9.17) is 10.5 Å². The third kappa shape index (κ3) is 4.05. The second kappa shape index (κ2) is 8.25. The zero-order chi connectivity index (χ0) is 17.6. The first kappa shape index (κ1) is 18.6. The molecule has 1 aromatic rings. The van der Waals surface area contributed by atoms with Crippen molar-refractivity contribution in [1.29, 1.82) is 0 Å². The van der Waals surface area contributed by atoms with Crippen molar-refractivity contribution < 1.29 is 29.0 Å². The minimum absolute atomic E-state index is 0.00110. The highest BCUT2D eigenvalue weighted by Crippen LogP contribution is 2.28. The van der Waals surface area contributed by atoms with Gasteiger partial charge in [0.2, 0.25) is 0 Å². The molecule has 0 unspecified atom stereocenters. The number of nitrogens with zero attached hydrogens (tertiary/aromatic N) is 1.